The van der Waals surface area contributed by atoms with E-state index in [-0.39, 0.29) is 25.0 Å². The highest BCUT2D eigenvalue weighted by Gasteiger charge is 2.29. The largest absolute Gasteiger partial charge is 0.482 e. The van der Waals surface area contributed by atoms with Crippen molar-refractivity contribution in [1.29, 1.82) is 0 Å². The van der Waals surface area contributed by atoms with Gasteiger partial charge in [-0.3, -0.25) is 24.4 Å². The topological polar surface area (TPSA) is 75.2 Å². The second kappa shape index (κ2) is 9.89. The Kier molecular flexibility index (Phi) is 6.79. The molecule has 164 valence electrons. The van der Waals surface area contributed by atoms with E-state index in [4.69, 9.17) is 9.47 Å². The number of ether oxygens (including phenoxy) is 2. The molecule has 1 fully saturated rings. The van der Waals surface area contributed by atoms with Gasteiger partial charge in [0.25, 0.3) is 5.91 Å². The predicted octanol–water partition coefficient (Wildman–Crippen LogP) is 1.48. The molecule has 2 aliphatic heterocycles. The van der Waals surface area contributed by atoms with Gasteiger partial charge in [-0.1, -0.05) is 6.07 Å². The first-order valence-electron chi connectivity index (χ1n) is 10.6. The first kappa shape index (κ1) is 21.3. The zero-order valence-corrected chi connectivity index (χ0v) is 17.8. The number of amides is 2. The number of rotatable bonds is 7. The number of nitrogens with zero attached hydrogens (tertiary/aromatic N) is 4. The third kappa shape index (κ3) is 5.39. The number of carbonyl (C=O) groups excluding carboxylic acids is 2. The van der Waals surface area contributed by atoms with Crippen molar-refractivity contribution in [3.63, 3.8) is 0 Å². The molecule has 0 bridgehead atoms. The number of anilines is 1. The number of fused-ring (bicyclic) bond motifs is 1. The van der Waals surface area contributed by atoms with E-state index in [0.717, 1.165) is 44.0 Å². The number of carbonyl (C=O) groups is 2. The maximum absolute atomic E-state index is 13.4. The Morgan fingerprint density at radius 3 is 2.71 bits per heavy atom. The molecule has 0 spiro atoms. The average molecular weight is 425 g/mol. The van der Waals surface area contributed by atoms with Crippen LogP contribution in [0, 0.1) is 6.92 Å². The van der Waals surface area contributed by atoms with Crippen molar-refractivity contribution in [2.45, 2.75) is 13.5 Å². The lowest BCUT2D eigenvalue weighted by Crippen LogP contribution is -2.48. The van der Waals surface area contributed by atoms with Gasteiger partial charge in [0, 0.05) is 45.1 Å². The summed E-state index contributed by atoms with van der Waals surface area (Å²) in [6, 6.07) is 9.50. The van der Waals surface area contributed by atoms with Crippen molar-refractivity contribution in [3.05, 3.63) is 53.9 Å². The highest BCUT2D eigenvalue weighted by Crippen LogP contribution is 2.32. The van der Waals surface area contributed by atoms with Crippen molar-refractivity contribution < 1.29 is 19.1 Å². The molecule has 4 rings (SSSR count). The molecule has 1 saturated heterocycles. The molecule has 0 saturated carbocycles. The first-order valence-corrected chi connectivity index (χ1v) is 10.6. The molecule has 0 N–H and O–H groups in total. The standard InChI is InChI=1S/C23H28N4O4/c1-18-2-3-21-20(14-18)27(23(29)17-31-21)16-22(28)26(15-19-4-6-24-7-5-19)9-8-25-10-12-30-13-11-25/h2-7,14H,8-13,15-17H2,1H3. The number of aryl methyl sites for hydroxylation is 1. The van der Waals surface area contributed by atoms with Gasteiger partial charge < -0.3 is 14.4 Å². The fourth-order valence-electron chi connectivity index (χ4n) is 3.81. The Balaban J connectivity index is 1.49. The Bertz CT molecular complexity index is 915. The minimum Gasteiger partial charge on any atom is -0.482 e. The van der Waals surface area contributed by atoms with Crippen LogP contribution >= 0.6 is 0 Å². The summed E-state index contributed by atoms with van der Waals surface area (Å²) >= 11 is 0. The van der Waals surface area contributed by atoms with Crippen molar-refractivity contribution >= 4 is 17.5 Å². The summed E-state index contributed by atoms with van der Waals surface area (Å²) in [6.45, 7) is 6.90. The Morgan fingerprint density at radius 2 is 1.94 bits per heavy atom. The molecular weight excluding hydrogens is 396 g/mol. The number of pyridine rings is 1. The van der Waals surface area contributed by atoms with Gasteiger partial charge in [-0.25, -0.2) is 0 Å². The van der Waals surface area contributed by atoms with Crippen LogP contribution in [0.25, 0.3) is 0 Å². The maximum atomic E-state index is 13.4. The zero-order chi connectivity index (χ0) is 21.6. The van der Waals surface area contributed by atoms with E-state index in [2.05, 4.69) is 9.88 Å². The lowest BCUT2D eigenvalue weighted by atomic mass is 10.1. The quantitative estimate of drug-likeness (QED) is 0.670. The highest BCUT2D eigenvalue weighted by atomic mass is 16.5. The second-order valence-electron chi connectivity index (χ2n) is 7.86. The molecule has 8 heteroatoms. The van der Waals surface area contributed by atoms with E-state index in [9.17, 15) is 9.59 Å². The lowest BCUT2D eigenvalue weighted by Gasteiger charge is -2.33. The number of hydrogen-bond donors (Lipinski definition) is 0. The number of hydrogen-bond acceptors (Lipinski definition) is 6. The van der Waals surface area contributed by atoms with Crippen LogP contribution < -0.4 is 9.64 Å². The predicted molar refractivity (Wildman–Crippen MR) is 116 cm³/mol. The molecule has 31 heavy (non-hydrogen) atoms. The fraction of sp³-hybridized carbons (Fsp3) is 0.435. The molecule has 0 radical (unpaired) electrons. The minimum atomic E-state index is -0.205. The van der Waals surface area contributed by atoms with E-state index in [0.29, 0.717) is 24.5 Å². The number of morpholine rings is 1. The van der Waals surface area contributed by atoms with Gasteiger partial charge in [-0.05, 0) is 42.3 Å². The van der Waals surface area contributed by atoms with Gasteiger partial charge in [-0.15, -0.1) is 0 Å². The monoisotopic (exact) mass is 424 g/mol. The third-order valence-corrected chi connectivity index (χ3v) is 5.62. The molecular formula is C23H28N4O4. The molecule has 8 nitrogen and oxygen atoms in total. The molecule has 1 aromatic carbocycles. The Hall–Kier alpha value is -2.97. The van der Waals surface area contributed by atoms with E-state index in [1.807, 2.05) is 42.2 Å². The number of benzene rings is 1. The smallest absolute Gasteiger partial charge is 0.265 e. The van der Waals surface area contributed by atoms with Crippen LogP contribution in [0.4, 0.5) is 5.69 Å². The lowest BCUT2D eigenvalue weighted by molar-refractivity contribution is -0.132. The summed E-state index contributed by atoms with van der Waals surface area (Å²) in [4.78, 5) is 35.7. The zero-order valence-electron chi connectivity index (χ0n) is 17.8. The van der Waals surface area contributed by atoms with Gasteiger partial charge in [-0.2, -0.15) is 0 Å². The molecule has 2 aromatic rings. The van der Waals surface area contributed by atoms with Crippen molar-refractivity contribution in [2.24, 2.45) is 0 Å². The molecule has 2 aliphatic rings. The molecule has 0 aliphatic carbocycles. The van der Waals surface area contributed by atoms with Crippen LogP contribution in [-0.4, -0.2) is 79.1 Å². The fourth-order valence-corrected chi connectivity index (χ4v) is 3.81. The van der Waals surface area contributed by atoms with E-state index in [1.54, 1.807) is 17.3 Å². The summed E-state index contributed by atoms with van der Waals surface area (Å²) < 4.78 is 11.0. The summed E-state index contributed by atoms with van der Waals surface area (Å²) in [5.74, 6) is 0.336. The van der Waals surface area contributed by atoms with Gasteiger partial charge in [0.05, 0.1) is 18.9 Å². The normalized spacial score (nSPS) is 16.5. The van der Waals surface area contributed by atoms with Crippen LogP contribution in [0.3, 0.4) is 0 Å². The number of aromatic nitrogens is 1. The van der Waals surface area contributed by atoms with Crippen LogP contribution in [0.2, 0.25) is 0 Å². The summed E-state index contributed by atoms with van der Waals surface area (Å²) in [5.41, 5.74) is 2.67. The van der Waals surface area contributed by atoms with Gasteiger partial charge >= 0.3 is 0 Å². The first-order chi connectivity index (χ1) is 15.1. The minimum absolute atomic E-state index is 0.00710. The van der Waals surface area contributed by atoms with Gasteiger partial charge in [0.1, 0.15) is 12.3 Å². The average Bonchev–Trinajstić information content (AvgIpc) is 2.80. The Morgan fingerprint density at radius 1 is 1.16 bits per heavy atom. The van der Waals surface area contributed by atoms with Crippen molar-refractivity contribution in [2.75, 3.05) is 57.4 Å². The highest BCUT2D eigenvalue weighted by molar-refractivity contribution is 6.02. The van der Waals surface area contributed by atoms with Crippen LogP contribution in [0.1, 0.15) is 11.1 Å². The summed E-state index contributed by atoms with van der Waals surface area (Å²) in [6.07, 6.45) is 3.45. The van der Waals surface area contributed by atoms with Crippen LogP contribution in [-0.2, 0) is 20.9 Å². The second-order valence-corrected chi connectivity index (χ2v) is 7.86. The Labute approximate surface area is 182 Å². The molecule has 0 unspecified atom stereocenters. The van der Waals surface area contributed by atoms with E-state index >= 15 is 0 Å². The van der Waals surface area contributed by atoms with Crippen molar-refractivity contribution in [3.8, 4) is 5.75 Å². The third-order valence-electron chi connectivity index (χ3n) is 5.62. The molecule has 0 atom stereocenters. The summed E-state index contributed by atoms with van der Waals surface area (Å²) in [7, 11) is 0. The SMILES string of the molecule is Cc1ccc2c(c1)N(CC(=O)N(CCN1CCOCC1)Cc1ccncc1)C(=O)CO2. The van der Waals surface area contributed by atoms with Crippen molar-refractivity contribution in [1.82, 2.24) is 14.8 Å². The van der Waals surface area contributed by atoms with E-state index in [1.165, 1.54) is 0 Å². The van der Waals surface area contributed by atoms with Crippen LogP contribution in [0.5, 0.6) is 5.75 Å². The molecule has 1 aromatic heterocycles. The maximum Gasteiger partial charge on any atom is 0.265 e. The van der Waals surface area contributed by atoms with E-state index < -0.39 is 0 Å². The molecule has 2 amide bonds. The van der Waals surface area contributed by atoms with Gasteiger partial charge in [0.15, 0.2) is 6.61 Å². The summed E-state index contributed by atoms with van der Waals surface area (Å²) in [5, 5.41) is 0. The van der Waals surface area contributed by atoms with Gasteiger partial charge in [0.2, 0.25) is 5.91 Å². The van der Waals surface area contributed by atoms with Crippen LogP contribution in [0.15, 0.2) is 42.7 Å². The molecule has 3 heterocycles.